The summed E-state index contributed by atoms with van der Waals surface area (Å²) in [6.07, 6.45) is -3.77. The summed E-state index contributed by atoms with van der Waals surface area (Å²) in [6, 6.07) is 8.09. The Balaban J connectivity index is 1.32. The summed E-state index contributed by atoms with van der Waals surface area (Å²) in [5, 5.41) is 7.81. The van der Waals surface area contributed by atoms with Gasteiger partial charge in [0.05, 0.1) is 6.54 Å². The van der Waals surface area contributed by atoms with E-state index >= 15 is 0 Å². The van der Waals surface area contributed by atoms with E-state index in [1.165, 1.54) is 0 Å². The Bertz CT molecular complexity index is 937. The molecule has 0 saturated carbocycles. The molecule has 0 spiro atoms. The molecule has 1 aromatic rings. The summed E-state index contributed by atoms with van der Waals surface area (Å²) in [5.41, 5.74) is 0.618. The van der Waals surface area contributed by atoms with E-state index in [4.69, 9.17) is 23.7 Å². The molecule has 3 heterocycles. The minimum absolute atomic E-state index is 0.347. The number of hydrogen-bond acceptors (Lipinski definition) is 8. The molecule has 186 valence electrons. The van der Waals surface area contributed by atoms with Crippen LogP contribution in [0.15, 0.2) is 30.3 Å². The summed E-state index contributed by atoms with van der Waals surface area (Å²) >= 11 is 0. The number of rotatable bonds is 6. The van der Waals surface area contributed by atoms with Gasteiger partial charge in [-0.15, -0.1) is 0 Å². The molecule has 0 bridgehead atoms. The molecule has 0 aromatic heterocycles. The third kappa shape index (κ3) is 5.39. The van der Waals surface area contributed by atoms with Gasteiger partial charge in [-0.2, -0.15) is 0 Å². The van der Waals surface area contributed by atoms with Gasteiger partial charge in [0.1, 0.15) is 24.4 Å². The highest BCUT2D eigenvalue weighted by atomic mass is 16.9. The first kappa shape index (κ1) is 24.6. The Kier molecular flexibility index (Phi) is 6.67. The number of anilines is 1. The van der Waals surface area contributed by atoms with Crippen LogP contribution in [0.4, 0.5) is 5.69 Å². The fourth-order valence-electron chi connectivity index (χ4n) is 4.22. The molecule has 0 radical (unpaired) electrons. The zero-order valence-electron chi connectivity index (χ0n) is 19.8. The Morgan fingerprint density at radius 3 is 2.24 bits per heavy atom. The Labute approximate surface area is 197 Å². The SMILES string of the molecule is C[C@@H](NC(=O)CNC(=O)[C@@H]1O[C@@H]2OC(C)(C)O[C@@H]2[C@H]2OC(C)(C)O[C@H]21)C(=O)Nc1ccccc1. The molecule has 34 heavy (non-hydrogen) atoms. The van der Waals surface area contributed by atoms with E-state index in [0.717, 1.165) is 0 Å². The third-order valence-electron chi connectivity index (χ3n) is 5.65. The summed E-state index contributed by atoms with van der Waals surface area (Å²) in [4.78, 5) is 37.6. The summed E-state index contributed by atoms with van der Waals surface area (Å²) < 4.78 is 29.5. The van der Waals surface area contributed by atoms with Crippen LogP contribution in [-0.2, 0) is 38.1 Å². The van der Waals surface area contributed by atoms with Crippen molar-refractivity contribution in [3.8, 4) is 0 Å². The van der Waals surface area contributed by atoms with Crippen LogP contribution in [-0.4, -0.2) is 72.6 Å². The molecule has 3 saturated heterocycles. The van der Waals surface area contributed by atoms with E-state index in [1.54, 1.807) is 58.9 Å². The average molecular weight is 478 g/mol. The maximum Gasteiger partial charge on any atom is 0.252 e. The number of amides is 3. The molecule has 3 aliphatic heterocycles. The van der Waals surface area contributed by atoms with Crippen LogP contribution in [0.5, 0.6) is 0 Å². The fraction of sp³-hybridized carbons (Fsp3) is 0.609. The number of nitrogens with one attached hydrogen (secondary N) is 3. The van der Waals surface area contributed by atoms with Gasteiger partial charge in [0.2, 0.25) is 11.8 Å². The standard InChI is InChI=1S/C23H31N3O8/c1-12(19(28)26-13-9-7-6-8-10-13)25-14(27)11-24-20(29)17-15-16(32-22(2,3)31-15)18-21(30-17)34-23(4,5)33-18/h6-10,12,15-18,21H,11H2,1-5H3,(H,24,29)(H,25,27)(H,26,28)/t12-,15-,16+,17-,18-,21-/m1/s1. The number of para-hydroxylation sites is 1. The molecule has 0 unspecified atom stereocenters. The minimum Gasteiger partial charge on any atom is -0.345 e. The normalized spacial score (nSPS) is 31.6. The maximum atomic E-state index is 12.9. The molecule has 4 rings (SSSR count). The van der Waals surface area contributed by atoms with Gasteiger partial charge in [-0.05, 0) is 46.8 Å². The van der Waals surface area contributed by atoms with Gasteiger partial charge < -0.3 is 39.6 Å². The zero-order chi connectivity index (χ0) is 24.7. The lowest BCUT2D eigenvalue weighted by atomic mass is 9.98. The molecule has 3 N–H and O–H groups in total. The van der Waals surface area contributed by atoms with Crippen LogP contribution in [0.3, 0.4) is 0 Å². The molecular weight excluding hydrogens is 446 g/mol. The number of carbonyl (C=O) groups excluding carboxylic acids is 3. The van der Waals surface area contributed by atoms with Crippen LogP contribution < -0.4 is 16.0 Å². The number of ether oxygens (including phenoxy) is 5. The number of carbonyl (C=O) groups is 3. The van der Waals surface area contributed by atoms with Crippen LogP contribution in [0.25, 0.3) is 0 Å². The molecule has 6 atom stereocenters. The van der Waals surface area contributed by atoms with Crippen LogP contribution in [0.2, 0.25) is 0 Å². The van der Waals surface area contributed by atoms with E-state index in [0.29, 0.717) is 5.69 Å². The van der Waals surface area contributed by atoms with Gasteiger partial charge in [0.25, 0.3) is 5.91 Å². The fourth-order valence-corrected chi connectivity index (χ4v) is 4.22. The highest BCUT2D eigenvalue weighted by Gasteiger charge is 2.62. The third-order valence-corrected chi connectivity index (χ3v) is 5.65. The van der Waals surface area contributed by atoms with E-state index < -0.39 is 60.1 Å². The summed E-state index contributed by atoms with van der Waals surface area (Å²) in [7, 11) is 0. The minimum atomic E-state index is -1.07. The lowest BCUT2D eigenvalue weighted by Crippen LogP contribution is -2.60. The topological polar surface area (TPSA) is 133 Å². The molecule has 1 aromatic carbocycles. The second-order valence-electron chi connectivity index (χ2n) is 9.45. The van der Waals surface area contributed by atoms with Crippen molar-refractivity contribution in [3.63, 3.8) is 0 Å². The summed E-state index contributed by atoms with van der Waals surface area (Å²) in [6.45, 7) is 8.19. The zero-order valence-corrected chi connectivity index (χ0v) is 19.8. The molecule has 3 fully saturated rings. The predicted octanol–water partition coefficient (Wildman–Crippen LogP) is 0.643. The predicted molar refractivity (Wildman–Crippen MR) is 118 cm³/mol. The molecular formula is C23H31N3O8. The molecule has 11 heteroatoms. The smallest absolute Gasteiger partial charge is 0.252 e. The lowest BCUT2D eigenvalue weighted by molar-refractivity contribution is -0.231. The molecule has 3 amide bonds. The van der Waals surface area contributed by atoms with Crippen molar-refractivity contribution in [3.05, 3.63) is 30.3 Å². The number of benzene rings is 1. The number of hydrogen-bond donors (Lipinski definition) is 3. The molecule has 11 nitrogen and oxygen atoms in total. The highest BCUT2D eigenvalue weighted by Crippen LogP contribution is 2.44. The van der Waals surface area contributed by atoms with E-state index in [1.807, 2.05) is 6.07 Å². The van der Waals surface area contributed by atoms with Crippen molar-refractivity contribution >= 4 is 23.4 Å². The van der Waals surface area contributed by atoms with Crippen molar-refractivity contribution < 1.29 is 38.1 Å². The highest BCUT2D eigenvalue weighted by molar-refractivity contribution is 5.97. The average Bonchev–Trinajstić information content (AvgIpc) is 3.25. The van der Waals surface area contributed by atoms with Crippen molar-refractivity contribution in [2.45, 2.75) is 82.9 Å². The first-order valence-corrected chi connectivity index (χ1v) is 11.2. The van der Waals surface area contributed by atoms with Crippen molar-refractivity contribution in [1.29, 1.82) is 0 Å². The van der Waals surface area contributed by atoms with Gasteiger partial charge in [-0.25, -0.2) is 0 Å². The molecule has 0 aliphatic carbocycles. The van der Waals surface area contributed by atoms with Gasteiger partial charge in [-0.3, -0.25) is 14.4 Å². The van der Waals surface area contributed by atoms with Crippen molar-refractivity contribution in [2.24, 2.45) is 0 Å². The monoisotopic (exact) mass is 477 g/mol. The van der Waals surface area contributed by atoms with Crippen LogP contribution in [0.1, 0.15) is 34.6 Å². The van der Waals surface area contributed by atoms with Crippen LogP contribution >= 0.6 is 0 Å². The van der Waals surface area contributed by atoms with Gasteiger partial charge in [0.15, 0.2) is 24.0 Å². The van der Waals surface area contributed by atoms with E-state index in [-0.39, 0.29) is 12.5 Å². The largest absolute Gasteiger partial charge is 0.345 e. The first-order chi connectivity index (χ1) is 15.9. The van der Waals surface area contributed by atoms with E-state index in [2.05, 4.69) is 16.0 Å². The lowest BCUT2D eigenvalue weighted by Gasteiger charge is -2.36. The van der Waals surface area contributed by atoms with Crippen molar-refractivity contribution in [1.82, 2.24) is 10.6 Å². The second-order valence-corrected chi connectivity index (χ2v) is 9.45. The summed E-state index contributed by atoms with van der Waals surface area (Å²) in [5.74, 6) is -3.31. The number of fused-ring (bicyclic) bond motifs is 3. The Morgan fingerprint density at radius 1 is 0.912 bits per heavy atom. The molecule has 3 aliphatic rings. The van der Waals surface area contributed by atoms with E-state index in [9.17, 15) is 14.4 Å². The maximum absolute atomic E-state index is 12.9. The van der Waals surface area contributed by atoms with Crippen molar-refractivity contribution in [2.75, 3.05) is 11.9 Å². The Morgan fingerprint density at radius 2 is 1.53 bits per heavy atom. The first-order valence-electron chi connectivity index (χ1n) is 11.2. The second kappa shape index (κ2) is 9.23. The van der Waals surface area contributed by atoms with Gasteiger partial charge >= 0.3 is 0 Å². The quantitative estimate of drug-likeness (QED) is 0.544. The van der Waals surface area contributed by atoms with Gasteiger partial charge in [0, 0.05) is 5.69 Å². The Hall–Kier alpha value is -2.57. The van der Waals surface area contributed by atoms with Crippen LogP contribution in [0, 0.1) is 0 Å². The van der Waals surface area contributed by atoms with Gasteiger partial charge in [-0.1, -0.05) is 18.2 Å².